The summed E-state index contributed by atoms with van der Waals surface area (Å²) in [7, 11) is 0. The first kappa shape index (κ1) is 14.5. The van der Waals surface area contributed by atoms with Crippen LogP contribution in [0.2, 0.25) is 10.0 Å². The van der Waals surface area contributed by atoms with Gasteiger partial charge in [-0.1, -0.05) is 42.5 Å². The summed E-state index contributed by atoms with van der Waals surface area (Å²) in [5, 5.41) is 0.929. The van der Waals surface area contributed by atoms with Crippen molar-refractivity contribution in [1.82, 2.24) is 0 Å². The first-order chi connectivity index (χ1) is 8.13. The number of hydrogen-bond acceptors (Lipinski definition) is 2. The molecule has 17 heavy (non-hydrogen) atoms. The van der Waals surface area contributed by atoms with Gasteiger partial charge >= 0.3 is 0 Å². The van der Waals surface area contributed by atoms with Crippen LogP contribution in [-0.4, -0.2) is 12.3 Å². The van der Waals surface area contributed by atoms with E-state index in [0.29, 0.717) is 27.9 Å². The number of benzene rings is 1. The molecular formula is C13H17Cl2NO. The van der Waals surface area contributed by atoms with Crippen LogP contribution in [0.1, 0.15) is 42.5 Å². The zero-order chi connectivity index (χ0) is 12.7. The Morgan fingerprint density at radius 3 is 2.24 bits per heavy atom. The van der Waals surface area contributed by atoms with Crippen LogP contribution in [0, 0.1) is 0 Å². The Labute approximate surface area is 112 Å². The molecule has 1 aromatic rings. The van der Waals surface area contributed by atoms with Crippen molar-refractivity contribution in [1.29, 1.82) is 0 Å². The third-order valence-electron chi connectivity index (χ3n) is 2.74. The van der Waals surface area contributed by atoms with Crippen LogP contribution in [0.5, 0.6) is 0 Å². The first-order valence-electron chi connectivity index (χ1n) is 5.79. The highest BCUT2D eigenvalue weighted by atomic mass is 35.5. The Balaban J connectivity index is 0.000000181. The highest BCUT2D eigenvalue weighted by Crippen LogP contribution is 2.18. The van der Waals surface area contributed by atoms with Crippen molar-refractivity contribution in [3.8, 4) is 0 Å². The maximum absolute atomic E-state index is 10.2. The molecule has 1 saturated carbocycles. The van der Waals surface area contributed by atoms with Crippen LogP contribution >= 0.6 is 23.2 Å². The second-order valence-corrected chi connectivity index (χ2v) is 5.03. The highest BCUT2D eigenvalue weighted by Gasteiger charge is 2.06. The Bertz CT molecular complexity index is 362. The van der Waals surface area contributed by atoms with Crippen molar-refractivity contribution in [3.05, 3.63) is 33.8 Å². The van der Waals surface area contributed by atoms with Crippen molar-refractivity contribution in [3.63, 3.8) is 0 Å². The molecule has 0 spiro atoms. The fraction of sp³-hybridized carbons (Fsp3) is 0.462. The summed E-state index contributed by atoms with van der Waals surface area (Å²) < 4.78 is 0. The van der Waals surface area contributed by atoms with Gasteiger partial charge in [0.25, 0.3) is 0 Å². The monoisotopic (exact) mass is 273 g/mol. The van der Waals surface area contributed by atoms with Crippen LogP contribution < -0.4 is 5.73 Å². The zero-order valence-electron chi connectivity index (χ0n) is 9.66. The quantitative estimate of drug-likeness (QED) is 0.784. The fourth-order valence-corrected chi connectivity index (χ4v) is 2.18. The number of aldehydes is 1. The maximum atomic E-state index is 10.2. The van der Waals surface area contributed by atoms with Gasteiger partial charge in [-0.25, -0.2) is 0 Å². The zero-order valence-corrected chi connectivity index (χ0v) is 11.2. The summed E-state index contributed by atoms with van der Waals surface area (Å²) in [6.07, 6.45) is 7.36. The van der Waals surface area contributed by atoms with Gasteiger partial charge in [0.05, 0.1) is 5.02 Å². The molecular weight excluding hydrogens is 257 g/mol. The molecule has 2 nitrogen and oxygen atoms in total. The average molecular weight is 274 g/mol. The molecule has 1 aliphatic carbocycles. The summed E-state index contributed by atoms with van der Waals surface area (Å²) in [6.45, 7) is 0. The molecule has 1 aromatic carbocycles. The Morgan fingerprint density at radius 2 is 1.82 bits per heavy atom. The summed E-state index contributed by atoms with van der Waals surface area (Å²) in [5.41, 5.74) is 6.10. The van der Waals surface area contributed by atoms with Gasteiger partial charge in [0.2, 0.25) is 0 Å². The highest BCUT2D eigenvalue weighted by molar-refractivity contribution is 6.36. The Morgan fingerprint density at radius 1 is 1.18 bits per heavy atom. The summed E-state index contributed by atoms with van der Waals surface area (Å²) in [5.74, 6) is 0. The minimum atomic E-state index is 0.391. The van der Waals surface area contributed by atoms with E-state index in [1.807, 2.05) is 0 Å². The molecule has 0 radical (unpaired) electrons. The van der Waals surface area contributed by atoms with Gasteiger partial charge < -0.3 is 5.73 Å². The lowest BCUT2D eigenvalue weighted by Crippen LogP contribution is -2.22. The molecule has 0 heterocycles. The second-order valence-electron chi connectivity index (χ2n) is 4.18. The van der Waals surface area contributed by atoms with Gasteiger partial charge in [-0.15, -0.1) is 0 Å². The van der Waals surface area contributed by atoms with Crippen molar-refractivity contribution in [2.75, 3.05) is 0 Å². The summed E-state index contributed by atoms with van der Waals surface area (Å²) >= 11 is 11.2. The van der Waals surface area contributed by atoms with E-state index in [0.717, 1.165) is 0 Å². The largest absolute Gasteiger partial charge is 0.328 e. The predicted molar refractivity (Wildman–Crippen MR) is 72.9 cm³/mol. The van der Waals surface area contributed by atoms with Crippen LogP contribution in [-0.2, 0) is 0 Å². The van der Waals surface area contributed by atoms with Gasteiger partial charge in [-0.2, -0.15) is 0 Å². The summed E-state index contributed by atoms with van der Waals surface area (Å²) in [4.78, 5) is 10.2. The lowest BCUT2D eigenvalue weighted by Gasteiger charge is -2.15. The number of nitrogens with two attached hydrogens (primary N) is 1. The average Bonchev–Trinajstić information content (AvgIpc) is 2.31. The molecule has 0 bridgehead atoms. The molecule has 94 valence electrons. The van der Waals surface area contributed by atoms with Crippen LogP contribution in [0.3, 0.4) is 0 Å². The molecule has 4 heteroatoms. The van der Waals surface area contributed by atoms with Crippen molar-refractivity contribution in [2.45, 2.75) is 38.1 Å². The lowest BCUT2D eigenvalue weighted by molar-refractivity contribution is 0.112. The number of carbonyl (C=O) groups excluding carboxylic acids is 1. The second kappa shape index (κ2) is 7.70. The minimum Gasteiger partial charge on any atom is -0.328 e. The standard InChI is InChI=1S/C7H4Cl2O.C6H13N/c8-6-2-1-5(4-10)7(9)3-6;7-6-4-2-1-3-5-6/h1-4H;6H,1-5,7H2. The van der Waals surface area contributed by atoms with Gasteiger partial charge in [-0.3, -0.25) is 4.79 Å². The topological polar surface area (TPSA) is 43.1 Å². The molecule has 0 unspecified atom stereocenters. The number of halogens is 2. The van der Waals surface area contributed by atoms with Crippen molar-refractivity contribution >= 4 is 29.5 Å². The Hall–Kier alpha value is -0.570. The number of hydrogen-bond donors (Lipinski definition) is 1. The van der Waals surface area contributed by atoms with E-state index in [-0.39, 0.29) is 0 Å². The lowest BCUT2D eigenvalue weighted by atomic mass is 9.97. The molecule has 2 N–H and O–H groups in total. The SMILES string of the molecule is NC1CCCCC1.O=Cc1ccc(Cl)cc1Cl. The van der Waals surface area contributed by atoms with Gasteiger partial charge in [-0.05, 0) is 31.0 Å². The van der Waals surface area contributed by atoms with Crippen LogP contribution in [0.15, 0.2) is 18.2 Å². The van der Waals surface area contributed by atoms with E-state index >= 15 is 0 Å². The predicted octanol–water partition coefficient (Wildman–Crippen LogP) is 4.08. The molecule has 1 aliphatic rings. The smallest absolute Gasteiger partial charge is 0.151 e. The molecule has 2 rings (SSSR count). The molecule has 0 atom stereocenters. The third-order valence-corrected chi connectivity index (χ3v) is 3.30. The third kappa shape index (κ3) is 5.53. The van der Waals surface area contributed by atoms with Crippen LogP contribution in [0.4, 0.5) is 0 Å². The number of rotatable bonds is 1. The molecule has 1 fully saturated rings. The molecule has 0 amide bonds. The maximum Gasteiger partial charge on any atom is 0.151 e. The van der Waals surface area contributed by atoms with Gasteiger partial charge in [0.1, 0.15) is 0 Å². The summed E-state index contributed by atoms with van der Waals surface area (Å²) in [6, 6.07) is 5.27. The molecule has 0 aromatic heterocycles. The molecule has 0 saturated heterocycles. The van der Waals surface area contributed by atoms with Crippen LogP contribution in [0.25, 0.3) is 0 Å². The van der Waals surface area contributed by atoms with E-state index in [1.54, 1.807) is 12.1 Å². The van der Waals surface area contributed by atoms with E-state index in [1.165, 1.54) is 38.2 Å². The minimum absolute atomic E-state index is 0.391. The van der Waals surface area contributed by atoms with E-state index in [4.69, 9.17) is 28.9 Å². The van der Waals surface area contributed by atoms with Gasteiger partial charge in [0, 0.05) is 16.6 Å². The molecule has 0 aliphatic heterocycles. The van der Waals surface area contributed by atoms with E-state index in [2.05, 4.69) is 0 Å². The Kier molecular flexibility index (Phi) is 6.56. The van der Waals surface area contributed by atoms with E-state index in [9.17, 15) is 4.79 Å². The first-order valence-corrected chi connectivity index (χ1v) is 6.55. The van der Waals surface area contributed by atoms with Crippen molar-refractivity contribution < 1.29 is 4.79 Å². The normalized spacial score (nSPS) is 15.9. The fourth-order valence-electron chi connectivity index (χ4n) is 1.73. The van der Waals surface area contributed by atoms with Gasteiger partial charge in [0.15, 0.2) is 6.29 Å². The van der Waals surface area contributed by atoms with Crippen molar-refractivity contribution in [2.24, 2.45) is 5.73 Å². The van der Waals surface area contributed by atoms with E-state index < -0.39 is 0 Å². The number of carbonyl (C=O) groups is 1.